The first-order valence-corrected chi connectivity index (χ1v) is 7.19. The quantitative estimate of drug-likeness (QED) is 0.716. The predicted molar refractivity (Wildman–Crippen MR) is 78.0 cm³/mol. The highest BCUT2D eigenvalue weighted by atomic mass is 127. The van der Waals surface area contributed by atoms with Gasteiger partial charge in [-0.25, -0.2) is 0 Å². The number of hydrogen-bond donors (Lipinski definition) is 0. The van der Waals surface area contributed by atoms with Crippen LogP contribution in [-0.2, 0) is 0 Å². The van der Waals surface area contributed by atoms with Gasteiger partial charge in [0.25, 0.3) is 5.91 Å². The lowest BCUT2D eigenvalue weighted by molar-refractivity contribution is 0.0623. The van der Waals surface area contributed by atoms with Gasteiger partial charge < -0.3 is 4.90 Å². The van der Waals surface area contributed by atoms with Crippen LogP contribution < -0.4 is 0 Å². The molecule has 2 atom stereocenters. The molecule has 0 radical (unpaired) electrons. The zero-order valence-electron chi connectivity index (χ0n) is 10.3. The second-order valence-electron chi connectivity index (χ2n) is 5.17. The van der Waals surface area contributed by atoms with Crippen molar-refractivity contribution in [2.45, 2.75) is 20.3 Å². The smallest absolute Gasteiger partial charge is 0.253 e. The fourth-order valence-electron chi connectivity index (χ4n) is 2.63. The SMILES string of the molecule is C[C@@H]1C[C@@H](C)CN(C(=O)c2cccc(I)c2)C1. The molecule has 92 valence electrons. The Balaban J connectivity index is 2.14. The summed E-state index contributed by atoms with van der Waals surface area (Å²) in [7, 11) is 0. The maximum atomic E-state index is 12.4. The summed E-state index contributed by atoms with van der Waals surface area (Å²) in [5, 5.41) is 0. The van der Waals surface area contributed by atoms with Crippen molar-refractivity contribution >= 4 is 28.5 Å². The molecule has 0 unspecified atom stereocenters. The Labute approximate surface area is 117 Å². The van der Waals surface area contributed by atoms with Crippen molar-refractivity contribution in [1.29, 1.82) is 0 Å². The highest BCUT2D eigenvalue weighted by Gasteiger charge is 2.25. The molecule has 1 fully saturated rings. The summed E-state index contributed by atoms with van der Waals surface area (Å²) < 4.78 is 1.12. The number of nitrogens with zero attached hydrogens (tertiary/aromatic N) is 1. The van der Waals surface area contributed by atoms with E-state index in [1.54, 1.807) is 0 Å². The first kappa shape index (κ1) is 12.9. The Kier molecular flexibility index (Phi) is 4.07. The van der Waals surface area contributed by atoms with E-state index in [-0.39, 0.29) is 5.91 Å². The minimum Gasteiger partial charge on any atom is -0.338 e. The number of piperidine rings is 1. The van der Waals surface area contributed by atoms with E-state index < -0.39 is 0 Å². The maximum Gasteiger partial charge on any atom is 0.253 e. The van der Waals surface area contributed by atoms with Gasteiger partial charge in [0.1, 0.15) is 0 Å². The molecule has 0 bridgehead atoms. The molecule has 1 aromatic carbocycles. The van der Waals surface area contributed by atoms with Crippen molar-refractivity contribution in [3.63, 3.8) is 0 Å². The monoisotopic (exact) mass is 343 g/mol. The van der Waals surface area contributed by atoms with E-state index in [1.165, 1.54) is 6.42 Å². The molecule has 0 saturated carbocycles. The maximum absolute atomic E-state index is 12.4. The Morgan fingerprint density at radius 2 is 1.94 bits per heavy atom. The summed E-state index contributed by atoms with van der Waals surface area (Å²) >= 11 is 2.25. The largest absolute Gasteiger partial charge is 0.338 e. The second kappa shape index (κ2) is 5.38. The number of carbonyl (C=O) groups excluding carboxylic acids is 1. The lowest BCUT2D eigenvalue weighted by atomic mass is 9.91. The molecule has 2 nitrogen and oxygen atoms in total. The molecule has 1 aliphatic heterocycles. The summed E-state index contributed by atoms with van der Waals surface area (Å²) in [6.45, 7) is 6.25. The normalized spacial score (nSPS) is 24.8. The third-order valence-corrected chi connectivity index (χ3v) is 3.90. The van der Waals surface area contributed by atoms with Crippen molar-refractivity contribution in [2.24, 2.45) is 11.8 Å². The average molecular weight is 343 g/mol. The lowest BCUT2D eigenvalue weighted by Gasteiger charge is -2.35. The lowest BCUT2D eigenvalue weighted by Crippen LogP contribution is -2.42. The van der Waals surface area contributed by atoms with Gasteiger partial charge in [0, 0.05) is 22.2 Å². The van der Waals surface area contributed by atoms with E-state index in [0.29, 0.717) is 11.8 Å². The molecule has 3 heteroatoms. The molecule has 1 amide bonds. The Morgan fingerprint density at radius 3 is 2.53 bits per heavy atom. The number of hydrogen-bond acceptors (Lipinski definition) is 1. The van der Waals surface area contributed by atoms with Gasteiger partial charge in [-0.05, 0) is 59.0 Å². The number of carbonyl (C=O) groups is 1. The Hall–Kier alpha value is -0.580. The summed E-state index contributed by atoms with van der Waals surface area (Å²) in [5.74, 6) is 1.41. The van der Waals surface area contributed by atoms with Crippen LogP contribution in [0.3, 0.4) is 0 Å². The zero-order valence-corrected chi connectivity index (χ0v) is 12.5. The summed E-state index contributed by atoms with van der Waals surface area (Å²) in [4.78, 5) is 14.4. The number of rotatable bonds is 1. The number of benzene rings is 1. The molecule has 2 rings (SSSR count). The fourth-order valence-corrected chi connectivity index (χ4v) is 3.18. The summed E-state index contributed by atoms with van der Waals surface area (Å²) in [5.41, 5.74) is 0.818. The molecule has 17 heavy (non-hydrogen) atoms. The van der Waals surface area contributed by atoms with E-state index in [2.05, 4.69) is 36.4 Å². The molecule has 0 aliphatic carbocycles. The van der Waals surface area contributed by atoms with E-state index in [0.717, 1.165) is 22.2 Å². The van der Waals surface area contributed by atoms with Gasteiger partial charge in [0.05, 0.1) is 0 Å². The van der Waals surface area contributed by atoms with Crippen LogP contribution in [0.1, 0.15) is 30.6 Å². The van der Waals surface area contributed by atoms with Gasteiger partial charge in [0.2, 0.25) is 0 Å². The average Bonchev–Trinajstić information content (AvgIpc) is 2.26. The van der Waals surface area contributed by atoms with Crippen LogP contribution in [-0.4, -0.2) is 23.9 Å². The highest BCUT2D eigenvalue weighted by Crippen LogP contribution is 2.22. The molecular formula is C14H18INO. The Morgan fingerprint density at radius 1 is 1.29 bits per heavy atom. The van der Waals surface area contributed by atoms with Crippen LogP contribution in [0.25, 0.3) is 0 Å². The van der Waals surface area contributed by atoms with Crippen LogP contribution >= 0.6 is 22.6 Å². The van der Waals surface area contributed by atoms with Gasteiger partial charge in [-0.1, -0.05) is 19.9 Å². The van der Waals surface area contributed by atoms with E-state index in [4.69, 9.17) is 0 Å². The van der Waals surface area contributed by atoms with Crippen LogP contribution in [0.2, 0.25) is 0 Å². The molecule has 0 spiro atoms. The zero-order chi connectivity index (χ0) is 12.4. The van der Waals surface area contributed by atoms with Gasteiger partial charge >= 0.3 is 0 Å². The molecule has 1 saturated heterocycles. The molecular weight excluding hydrogens is 325 g/mol. The van der Waals surface area contributed by atoms with Crippen LogP contribution in [0.5, 0.6) is 0 Å². The van der Waals surface area contributed by atoms with Gasteiger partial charge in [0.15, 0.2) is 0 Å². The standard InChI is InChI=1S/C14H18INO/c1-10-6-11(2)9-16(8-10)14(17)12-4-3-5-13(15)7-12/h3-5,7,10-11H,6,8-9H2,1-2H3/t10-,11-/m1/s1. The van der Waals surface area contributed by atoms with Gasteiger partial charge in [-0.3, -0.25) is 4.79 Å². The van der Waals surface area contributed by atoms with Crippen molar-refractivity contribution in [3.8, 4) is 0 Å². The van der Waals surface area contributed by atoms with Crippen LogP contribution in [0.15, 0.2) is 24.3 Å². The second-order valence-corrected chi connectivity index (χ2v) is 6.41. The highest BCUT2D eigenvalue weighted by molar-refractivity contribution is 14.1. The van der Waals surface area contributed by atoms with Gasteiger partial charge in [-0.2, -0.15) is 0 Å². The van der Waals surface area contributed by atoms with Crippen LogP contribution in [0, 0.1) is 15.4 Å². The molecule has 1 aliphatic rings. The van der Waals surface area contributed by atoms with E-state index in [1.807, 2.05) is 29.2 Å². The third-order valence-electron chi connectivity index (χ3n) is 3.23. The molecule has 1 aromatic rings. The van der Waals surface area contributed by atoms with E-state index >= 15 is 0 Å². The molecule has 0 N–H and O–H groups in total. The molecule has 1 heterocycles. The van der Waals surface area contributed by atoms with E-state index in [9.17, 15) is 4.79 Å². The van der Waals surface area contributed by atoms with Crippen molar-refractivity contribution in [3.05, 3.63) is 33.4 Å². The summed E-state index contributed by atoms with van der Waals surface area (Å²) in [6.07, 6.45) is 1.23. The first-order valence-electron chi connectivity index (χ1n) is 6.11. The minimum absolute atomic E-state index is 0.182. The summed E-state index contributed by atoms with van der Waals surface area (Å²) in [6, 6.07) is 7.84. The minimum atomic E-state index is 0.182. The topological polar surface area (TPSA) is 20.3 Å². The van der Waals surface area contributed by atoms with Crippen molar-refractivity contribution < 1.29 is 4.79 Å². The number of amides is 1. The van der Waals surface area contributed by atoms with Crippen LogP contribution in [0.4, 0.5) is 0 Å². The first-order chi connectivity index (χ1) is 8.06. The predicted octanol–water partition coefficient (Wildman–Crippen LogP) is 3.41. The third kappa shape index (κ3) is 3.21. The van der Waals surface area contributed by atoms with Crippen molar-refractivity contribution in [1.82, 2.24) is 4.90 Å². The van der Waals surface area contributed by atoms with Gasteiger partial charge in [-0.15, -0.1) is 0 Å². The number of halogens is 1. The van der Waals surface area contributed by atoms with Crippen molar-refractivity contribution in [2.75, 3.05) is 13.1 Å². The number of likely N-dealkylation sites (tertiary alicyclic amines) is 1. The Bertz CT molecular complexity index is 408. The molecule has 0 aromatic heterocycles. The fraction of sp³-hybridized carbons (Fsp3) is 0.500.